The van der Waals surface area contributed by atoms with Crippen LogP contribution in [0, 0.1) is 12.7 Å². The van der Waals surface area contributed by atoms with Crippen molar-refractivity contribution in [1.82, 2.24) is 19.7 Å². The van der Waals surface area contributed by atoms with E-state index in [1.807, 2.05) is 11.8 Å². The molecule has 9 heteroatoms. The van der Waals surface area contributed by atoms with Gasteiger partial charge in [0, 0.05) is 63.0 Å². The third-order valence-electron chi connectivity index (χ3n) is 7.04. The van der Waals surface area contributed by atoms with Crippen LogP contribution in [0.25, 0.3) is 10.9 Å². The number of piperazine rings is 1. The molecule has 1 aliphatic heterocycles. The van der Waals surface area contributed by atoms with Crippen LogP contribution in [0.3, 0.4) is 0 Å². The molecule has 2 unspecified atom stereocenters. The first kappa shape index (κ1) is 26.3. The second kappa shape index (κ2) is 10.3. The molecular formula is C28H33FN4O4. The van der Waals surface area contributed by atoms with Gasteiger partial charge in [-0.15, -0.1) is 0 Å². The maximum atomic E-state index is 13.8. The summed E-state index contributed by atoms with van der Waals surface area (Å²) < 4.78 is 18.9. The van der Waals surface area contributed by atoms with E-state index >= 15 is 0 Å². The highest BCUT2D eigenvalue weighted by Gasteiger charge is 2.34. The summed E-state index contributed by atoms with van der Waals surface area (Å²) in [4.78, 5) is 47.7. The number of aryl methyl sites for hydroxylation is 1. The van der Waals surface area contributed by atoms with Crippen molar-refractivity contribution in [2.24, 2.45) is 0 Å². The summed E-state index contributed by atoms with van der Waals surface area (Å²) >= 11 is 0. The predicted molar refractivity (Wildman–Crippen MR) is 139 cm³/mol. The van der Waals surface area contributed by atoms with Gasteiger partial charge in [-0.3, -0.25) is 19.3 Å². The van der Waals surface area contributed by atoms with Gasteiger partial charge in [0.25, 0.3) is 17.6 Å². The highest BCUT2D eigenvalue weighted by molar-refractivity contribution is 6.45. The van der Waals surface area contributed by atoms with E-state index in [4.69, 9.17) is 4.74 Å². The van der Waals surface area contributed by atoms with Crippen LogP contribution in [0.1, 0.15) is 45.8 Å². The number of nitrogens with one attached hydrogen (secondary N) is 1. The molecule has 1 aromatic heterocycles. The van der Waals surface area contributed by atoms with E-state index in [9.17, 15) is 18.8 Å². The van der Waals surface area contributed by atoms with Gasteiger partial charge in [0.05, 0.1) is 23.8 Å². The number of likely N-dealkylation sites (N-methyl/N-ethyl adjacent to an activating group) is 1. The van der Waals surface area contributed by atoms with E-state index in [2.05, 4.69) is 16.8 Å². The largest absolute Gasteiger partial charge is 0.496 e. The molecule has 8 nitrogen and oxygen atoms in total. The molecule has 1 N–H and O–H groups in total. The Kier molecular flexibility index (Phi) is 7.36. The lowest BCUT2D eigenvalue weighted by molar-refractivity contribution is -0.124. The van der Waals surface area contributed by atoms with Crippen LogP contribution in [-0.2, 0) is 11.3 Å². The molecule has 1 fully saturated rings. The Hall–Kier alpha value is -3.72. The zero-order valence-corrected chi connectivity index (χ0v) is 22.1. The molecule has 0 spiro atoms. The molecule has 2 aromatic carbocycles. The quantitative estimate of drug-likeness (QED) is 0.406. The number of H-pyrrole nitrogens is 1. The average Bonchev–Trinajstić information content (AvgIpc) is 3.19. The van der Waals surface area contributed by atoms with Gasteiger partial charge in [-0.05, 0) is 44.5 Å². The van der Waals surface area contributed by atoms with Gasteiger partial charge >= 0.3 is 0 Å². The molecule has 2 atom stereocenters. The monoisotopic (exact) mass is 508 g/mol. The van der Waals surface area contributed by atoms with Crippen molar-refractivity contribution in [2.75, 3.05) is 34.3 Å². The molecule has 0 saturated carbocycles. The Morgan fingerprint density at radius 2 is 1.76 bits per heavy atom. The van der Waals surface area contributed by atoms with E-state index in [0.29, 0.717) is 47.5 Å². The van der Waals surface area contributed by atoms with E-state index in [1.165, 1.54) is 38.2 Å². The summed E-state index contributed by atoms with van der Waals surface area (Å²) in [6, 6.07) is 9.81. The summed E-state index contributed by atoms with van der Waals surface area (Å²) in [7, 11) is 4.56. The highest BCUT2D eigenvalue weighted by Crippen LogP contribution is 2.32. The average molecular weight is 509 g/mol. The molecule has 0 radical (unpaired) electrons. The molecule has 1 saturated heterocycles. The van der Waals surface area contributed by atoms with Gasteiger partial charge in [0.2, 0.25) is 0 Å². The number of ether oxygens (including phenoxy) is 1. The minimum atomic E-state index is -0.632. The van der Waals surface area contributed by atoms with Crippen molar-refractivity contribution >= 4 is 28.5 Å². The number of fused-ring (bicyclic) bond motifs is 1. The molecule has 4 rings (SSSR count). The zero-order valence-electron chi connectivity index (χ0n) is 22.1. The predicted octanol–water partition coefficient (Wildman–Crippen LogP) is 3.63. The van der Waals surface area contributed by atoms with Crippen LogP contribution in [0.2, 0.25) is 0 Å². The normalized spacial score (nSPS) is 18.2. The lowest BCUT2D eigenvalue weighted by Gasteiger charge is -2.44. The molecular weight excluding hydrogens is 475 g/mol. The van der Waals surface area contributed by atoms with Gasteiger partial charge in [-0.1, -0.05) is 12.1 Å². The van der Waals surface area contributed by atoms with E-state index in [-0.39, 0.29) is 29.4 Å². The second-order valence-electron chi connectivity index (χ2n) is 9.96. The molecule has 3 aromatic rings. The number of aromatic nitrogens is 1. The summed E-state index contributed by atoms with van der Waals surface area (Å²) in [5.74, 6) is -1.33. The third-order valence-corrected chi connectivity index (χ3v) is 7.04. The lowest BCUT2D eigenvalue weighted by Crippen LogP contribution is -2.57. The Bertz CT molecular complexity index is 1350. The van der Waals surface area contributed by atoms with Crippen LogP contribution in [0.5, 0.6) is 5.75 Å². The Balaban J connectivity index is 1.63. The fourth-order valence-corrected chi connectivity index (χ4v) is 4.98. The fraction of sp³-hybridized carbons (Fsp3) is 0.393. The van der Waals surface area contributed by atoms with Crippen LogP contribution < -0.4 is 4.74 Å². The maximum absolute atomic E-state index is 13.8. The zero-order chi connectivity index (χ0) is 27.0. The van der Waals surface area contributed by atoms with Gasteiger partial charge in [0.15, 0.2) is 0 Å². The van der Waals surface area contributed by atoms with Gasteiger partial charge in [-0.2, -0.15) is 0 Å². The molecule has 2 amide bonds. The first-order valence-corrected chi connectivity index (χ1v) is 12.3. The molecule has 196 valence electrons. The number of Topliss-reactive ketones (excluding diaryl/α,β-unsaturated/α-hetero) is 1. The minimum Gasteiger partial charge on any atom is -0.496 e. The number of aromatic amines is 1. The number of hydrogen-bond donors (Lipinski definition) is 1. The van der Waals surface area contributed by atoms with Crippen molar-refractivity contribution in [1.29, 1.82) is 0 Å². The summed E-state index contributed by atoms with van der Waals surface area (Å²) in [5.41, 5.74) is 2.78. The van der Waals surface area contributed by atoms with Crippen molar-refractivity contribution in [3.05, 3.63) is 64.6 Å². The Morgan fingerprint density at radius 3 is 2.38 bits per heavy atom. The molecule has 1 aliphatic rings. The summed E-state index contributed by atoms with van der Waals surface area (Å²) in [6.07, 6.45) is 0. The number of halogens is 1. The highest BCUT2D eigenvalue weighted by atomic mass is 19.1. The number of benzene rings is 2. The molecule has 0 aliphatic carbocycles. The topological polar surface area (TPSA) is 85.9 Å². The smallest absolute Gasteiger partial charge is 0.294 e. The van der Waals surface area contributed by atoms with Crippen molar-refractivity contribution in [3.8, 4) is 5.75 Å². The first-order valence-electron chi connectivity index (χ1n) is 12.3. The second-order valence-corrected chi connectivity index (χ2v) is 9.96. The van der Waals surface area contributed by atoms with Gasteiger partial charge in [0.1, 0.15) is 11.6 Å². The number of rotatable bonds is 6. The minimum absolute atomic E-state index is 0.0734. The van der Waals surface area contributed by atoms with E-state index in [1.54, 1.807) is 31.2 Å². The van der Waals surface area contributed by atoms with Crippen molar-refractivity contribution in [2.45, 2.75) is 39.4 Å². The fourth-order valence-electron chi connectivity index (χ4n) is 4.98. The van der Waals surface area contributed by atoms with Crippen molar-refractivity contribution < 1.29 is 23.5 Å². The van der Waals surface area contributed by atoms with Crippen LogP contribution >= 0.6 is 0 Å². The number of methoxy groups -OCH3 is 1. The van der Waals surface area contributed by atoms with Crippen LogP contribution in [0.4, 0.5) is 4.39 Å². The van der Waals surface area contributed by atoms with Gasteiger partial charge in [-0.25, -0.2) is 4.39 Å². The molecule has 37 heavy (non-hydrogen) atoms. The number of hydrogen-bond acceptors (Lipinski definition) is 5. The van der Waals surface area contributed by atoms with Crippen LogP contribution in [0.15, 0.2) is 36.4 Å². The Morgan fingerprint density at radius 1 is 1.08 bits per heavy atom. The number of carbonyl (C=O) groups is 3. The first-order chi connectivity index (χ1) is 17.5. The number of nitrogens with zero attached hydrogens (tertiary/aromatic N) is 3. The van der Waals surface area contributed by atoms with E-state index in [0.717, 1.165) is 5.56 Å². The van der Waals surface area contributed by atoms with E-state index < -0.39 is 11.7 Å². The van der Waals surface area contributed by atoms with Gasteiger partial charge < -0.3 is 19.5 Å². The summed E-state index contributed by atoms with van der Waals surface area (Å²) in [6.45, 7) is 7.61. The SMILES string of the molecule is COc1cc2[nH]c(C)c(C(=O)C(=O)N(C)C)c2cc1C(=O)N1CC(C)N(Cc2ccc(F)cc2)CC1C. The number of carbonyl (C=O) groups excluding carboxylic acids is 3. The third kappa shape index (κ3) is 5.09. The maximum Gasteiger partial charge on any atom is 0.294 e. The van der Waals surface area contributed by atoms with Crippen molar-refractivity contribution in [3.63, 3.8) is 0 Å². The Labute approximate surface area is 216 Å². The van der Waals surface area contributed by atoms with Crippen LogP contribution in [-0.4, -0.2) is 83.7 Å². The molecule has 2 heterocycles. The number of amides is 2. The standard InChI is InChI=1S/C28H33FN4O4/c1-16-14-33(17(2)13-32(16)15-19-7-9-20(29)10-8-19)27(35)22-11-21-23(12-24(22)37-6)30-18(3)25(21)26(34)28(36)31(4)5/h7-12,16-17,30H,13-15H2,1-6H3. The molecule has 0 bridgehead atoms. The summed E-state index contributed by atoms with van der Waals surface area (Å²) in [5, 5.41) is 0.512. The lowest BCUT2D eigenvalue weighted by atomic mass is 10.0. The number of ketones is 1.